The molecule has 1 aromatic carbocycles. The second-order valence-corrected chi connectivity index (χ2v) is 5.00. The summed E-state index contributed by atoms with van der Waals surface area (Å²) in [7, 11) is 0. The van der Waals surface area contributed by atoms with E-state index < -0.39 is 11.6 Å². The van der Waals surface area contributed by atoms with Crippen LogP contribution in [-0.2, 0) is 0 Å². The number of halogens is 2. The normalized spacial score (nSPS) is 19.0. The maximum Gasteiger partial charge on any atom is 0.159 e. The fourth-order valence-electron chi connectivity index (χ4n) is 2.46. The van der Waals surface area contributed by atoms with Gasteiger partial charge >= 0.3 is 0 Å². The molecule has 1 saturated heterocycles. The van der Waals surface area contributed by atoms with Crippen LogP contribution in [0.15, 0.2) is 30.6 Å². The summed E-state index contributed by atoms with van der Waals surface area (Å²) in [5.41, 5.74) is 2.03. The highest BCUT2D eigenvalue weighted by molar-refractivity contribution is 5.57. The molecule has 1 atom stereocenters. The van der Waals surface area contributed by atoms with Crippen LogP contribution < -0.4 is 5.32 Å². The summed E-state index contributed by atoms with van der Waals surface area (Å²) >= 11 is 0. The highest BCUT2D eigenvalue weighted by Gasteiger charge is 2.16. The maximum absolute atomic E-state index is 13.2. The molecule has 3 nitrogen and oxygen atoms in total. The smallest absolute Gasteiger partial charge is 0.159 e. The Balaban J connectivity index is 1.83. The first-order chi connectivity index (χ1) is 9.74. The van der Waals surface area contributed by atoms with E-state index >= 15 is 0 Å². The van der Waals surface area contributed by atoms with E-state index in [9.17, 15) is 8.78 Å². The van der Waals surface area contributed by atoms with Crippen molar-refractivity contribution in [3.05, 3.63) is 47.9 Å². The molecule has 1 aliphatic rings. The molecule has 0 aliphatic carbocycles. The first-order valence-electron chi connectivity index (χ1n) is 6.72. The molecule has 3 rings (SSSR count). The lowest BCUT2D eigenvalue weighted by Crippen LogP contribution is -2.28. The third kappa shape index (κ3) is 2.67. The standard InChI is InChI=1S/C15H15F2N3/c16-12-4-3-10(6-13(12)17)14-8-20-15(9-19-14)11-2-1-5-18-7-11/h3-4,6,8-9,11,18H,1-2,5,7H2/t11-/m1/s1. The quantitative estimate of drug-likeness (QED) is 0.915. The van der Waals surface area contributed by atoms with Crippen LogP contribution in [-0.4, -0.2) is 23.1 Å². The van der Waals surface area contributed by atoms with Gasteiger partial charge in [-0.3, -0.25) is 9.97 Å². The number of aromatic nitrogens is 2. The first kappa shape index (κ1) is 13.1. The third-order valence-corrected chi connectivity index (χ3v) is 3.60. The molecule has 1 fully saturated rings. The van der Waals surface area contributed by atoms with E-state index in [1.807, 2.05) is 0 Å². The first-order valence-corrected chi connectivity index (χ1v) is 6.72. The molecule has 0 unspecified atom stereocenters. The lowest BCUT2D eigenvalue weighted by atomic mass is 9.96. The van der Waals surface area contributed by atoms with Crippen molar-refractivity contribution in [2.45, 2.75) is 18.8 Å². The number of nitrogens with one attached hydrogen (secondary N) is 1. The van der Waals surface area contributed by atoms with Gasteiger partial charge < -0.3 is 5.32 Å². The Kier molecular flexibility index (Phi) is 3.69. The summed E-state index contributed by atoms with van der Waals surface area (Å²) in [4.78, 5) is 8.73. The summed E-state index contributed by atoms with van der Waals surface area (Å²) in [5.74, 6) is -1.34. The van der Waals surface area contributed by atoms with E-state index in [1.165, 1.54) is 6.07 Å². The minimum atomic E-state index is -0.871. The Morgan fingerprint density at radius 3 is 2.65 bits per heavy atom. The second kappa shape index (κ2) is 5.63. The molecule has 5 heteroatoms. The van der Waals surface area contributed by atoms with Gasteiger partial charge in [0.2, 0.25) is 0 Å². The zero-order valence-electron chi connectivity index (χ0n) is 10.9. The number of nitrogens with zero attached hydrogens (tertiary/aromatic N) is 2. The number of hydrogen-bond donors (Lipinski definition) is 1. The van der Waals surface area contributed by atoms with Crippen LogP contribution >= 0.6 is 0 Å². The fourth-order valence-corrected chi connectivity index (χ4v) is 2.46. The zero-order chi connectivity index (χ0) is 13.9. The van der Waals surface area contributed by atoms with Crippen LogP contribution in [0.25, 0.3) is 11.3 Å². The predicted octanol–water partition coefficient (Wildman–Crippen LogP) is 2.89. The van der Waals surface area contributed by atoms with Crippen LogP contribution in [0.5, 0.6) is 0 Å². The van der Waals surface area contributed by atoms with Gasteiger partial charge in [0.05, 0.1) is 17.6 Å². The van der Waals surface area contributed by atoms with Gasteiger partial charge in [0, 0.05) is 24.2 Å². The van der Waals surface area contributed by atoms with Crippen LogP contribution in [0.2, 0.25) is 0 Å². The monoisotopic (exact) mass is 275 g/mol. The van der Waals surface area contributed by atoms with E-state index in [1.54, 1.807) is 12.4 Å². The van der Waals surface area contributed by atoms with Crippen molar-refractivity contribution in [1.29, 1.82) is 0 Å². The topological polar surface area (TPSA) is 37.8 Å². The molecular formula is C15H15F2N3. The average Bonchev–Trinajstić information content (AvgIpc) is 2.51. The number of hydrogen-bond acceptors (Lipinski definition) is 3. The molecular weight excluding hydrogens is 260 g/mol. The molecule has 1 aliphatic heterocycles. The Labute approximate surface area is 116 Å². The molecule has 2 heterocycles. The van der Waals surface area contributed by atoms with Gasteiger partial charge in [-0.25, -0.2) is 8.78 Å². The molecule has 0 saturated carbocycles. The third-order valence-electron chi connectivity index (χ3n) is 3.60. The summed E-state index contributed by atoms with van der Waals surface area (Å²) in [5, 5.41) is 3.33. The van der Waals surface area contributed by atoms with Gasteiger partial charge in [-0.05, 0) is 37.6 Å². The highest BCUT2D eigenvalue weighted by Crippen LogP contribution is 2.23. The maximum atomic E-state index is 13.2. The lowest BCUT2D eigenvalue weighted by Gasteiger charge is -2.21. The predicted molar refractivity (Wildman–Crippen MR) is 72.2 cm³/mol. The highest BCUT2D eigenvalue weighted by atomic mass is 19.2. The lowest BCUT2D eigenvalue weighted by molar-refractivity contribution is 0.454. The molecule has 0 radical (unpaired) electrons. The molecule has 1 aromatic heterocycles. The van der Waals surface area contributed by atoms with Crippen LogP contribution in [0.1, 0.15) is 24.5 Å². The molecule has 20 heavy (non-hydrogen) atoms. The van der Waals surface area contributed by atoms with Crippen LogP contribution in [0, 0.1) is 11.6 Å². The summed E-state index contributed by atoms with van der Waals surface area (Å²) in [6.07, 6.45) is 5.59. The molecule has 2 aromatic rings. The van der Waals surface area contributed by atoms with Gasteiger partial charge in [-0.2, -0.15) is 0 Å². The summed E-state index contributed by atoms with van der Waals surface area (Å²) in [6, 6.07) is 3.75. The van der Waals surface area contributed by atoms with Crippen molar-refractivity contribution >= 4 is 0 Å². The second-order valence-electron chi connectivity index (χ2n) is 5.00. The van der Waals surface area contributed by atoms with Crippen molar-refractivity contribution in [1.82, 2.24) is 15.3 Å². The van der Waals surface area contributed by atoms with Gasteiger partial charge in [-0.15, -0.1) is 0 Å². The van der Waals surface area contributed by atoms with E-state index in [0.29, 0.717) is 17.2 Å². The zero-order valence-corrected chi connectivity index (χ0v) is 10.9. The molecule has 1 N–H and O–H groups in total. The Bertz CT molecular complexity index is 593. The Hall–Kier alpha value is -1.88. The molecule has 104 valence electrons. The van der Waals surface area contributed by atoms with Crippen molar-refractivity contribution in [3.8, 4) is 11.3 Å². The minimum absolute atomic E-state index is 0.384. The Morgan fingerprint density at radius 2 is 2.00 bits per heavy atom. The van der Waals surface area contributed by atoms with Gasteiger partial charge in [0.25, 0.3) is 0 Å². The van der Waals surface area contributed by atoms with E-state index in [4.69, 9.17) is 0 Å². The van der Waals surface area contributed by atoms with Gasteiger partial charge in [-0.1, -0.05) is 0 Å². The average molecular weight is 275 g/mol. The number of piperidine rings is 1. The van der Waals surface area contributed by atoms with Crippen molar-refractivity contribution in [2.75, 3.05) is 13.1 Å². The van der Waals surface area contributed by atoms with Crippen LogP contribution in [0.4, 0.5) is 8.78 Å². The fraction of sp³-hybridized carbons (Fsp3) is 0.333. The molecule has 0 amide bonds. The van der Waals surface area contributed by atoms with Crippen LogP contribution in [0.3, 0.4) is 0 Å². The summed E-state index contributed by atoms with van der Waals surface area (Å²) in [6.45, 7) is 1.97. The van der Waals surface area contributed by atoms with Crippen molar-refractivity contribution in [3.63, 3.8) is 0 Å². The van der Waals surface area contributed by atoms with Crippen molar-refractivity contribution in [2.24, 2.45) is 0 Å². The number of rotatable bonds is 2. The summed E-state index contributed by atoms with van der Waals surface area (Å²) < 4.78 is 26.1. The van der Waals surface area contributed by atoms with E-state index in [2.05, 4.69) is 15.3 Å². The number of benzene rings is 1. The molecule has 0 bridgehead atoms. The van der Waals surface area contributed by atoms with E-state index in [-0.39, 0.29) is 0 Å². The van der Waals surface area contributed by atoms with E-state index in [0.717, 1.165) is 43.8 Å². The van der Waals surface area contributed by atoms with Gasteiger partial charge in [0.1, 0.15) is 0 Å². The SMILES string of the molecule is Fc1ccc(-c2cnc([C@@H]3CCCNC3)cn2)cc1F. The Morgan fingerprint density at radius 1 is 1.10 bits per heavy atom. The van der Waals surface area contributed by atoms with Crippen molar-refractivity contribution < 1.29 is 8.78 Å². The molecule has 0 spiro atoms. The van der Waals surface area contributed by atoms with Gasteiger partial charge in [0.15, 0.2) is 11.6 Å². The minimum Gasteiger partial charge on any atom is -0.316 e. The largest absolute Gasteiger partial charge is 0.316 e.